The Balaban J connectivity index is 1.45. The van der Waals surface area contributed by atoms with E-state index in [1.807, 2.05) is 29.9 Å². The third-order valence-electron chi connectivity index (χ3n) is 4.34. The van der Waals surface area contributed by atoms with Crippen LogP contribution in [0, 0.1) is 0 Å². The van der Waals surface area contributed by atoms with Crippen molar-refractivity contribution in [3.8, 4) is 0 Å². The van der Waals surface area contributed by atoms with Gasteiger partial charge in [0.2, 0.25) is 0 Å². The average Bonchev–Trinajstić information content (AvgIpc) is 3.04. The number of nitrogens with zero attached hydrogens (tertiary/aromatic N) is 2. The third kappa shape index (κ3) is 4.39. The quantitative estimate of drug-likeness (QED) is 0.624. The molecule has 0 bridgehead atoms. The standard InChI is InChI=1S/C18H24N4OS/c1-22-11-9-21-18(22)24-12-10-20-17(23)15-6-4-14(5-7-15)16-3-2-8-19-13-16/h4-7,9,11,16,19H,2-3,8,10,12-13H2,1H3,(H,20,23)/t16-/m0/s1. The maximum atomic E-state index is 12.2. The van der Waals surface area contributed by atoms with Gasteiger partial charge in [-0.05, 0) is 43.0 Å². The Hall–Kier alpha value is -1.79. The molecule has 24 heavy (non-hydrogen) atoms. The highest BCUT2D eigenvalue weighted by atomic mass is 32.2. The number of nitrogens with one attached hydrogen (secondary N) is 2. The van der Waals surface area contributed by atoms with E-state index in [-0.39, 0.29) is 5.91 Å². The predicted octanol–water partition coefficient (Wildman–Crippen LogP) is 2.41. The molecule has 2 N–H and O–H groups in total. The Bertz CT molecular complexity index is 662. The summed E-state index contributed by atoms with van der Waals surface area (Å²) in [7, 11) is 1.97. The number of carbonyl (C=O) groups is 1. The molecule has 0 saturated carbocycles. The van der Waals surface area contributed by atoms with Gasteiger partial charge in [-0.25, -0.2) is 4.98 Å². The molecule has 0 unspecified atom stereocenters. The van der Waals surface area contributed by atoms with Crippen molar-refractivity contribution < 1.29 is 4.79 Å². The van der Waals surface area contributed by atoms with Crippen LogP contribution in [0.2, 0.25) is 0 Å². The fourth-order valence-electron chi connectivity index (χ4n) is 2.94. The second-order valence-electron chi connectivity index (χ2n) is 6.09. The van der Waals surface area contributed by atoms with Gasteiger partial charge in [0.15, 0.2) is 5.16 Å². The molecule has 0 aliphatic carbocycles. The van der Waals surface area contributed by atoms with Gasteiger partial charge in [-0.2, -0.15) is 0 Å². The highest BCUT2D eigenvalue weighted by Gasteiger charge is 2.15. The average molecular weight is 344 g/mol. The van der Waals surface area contributed by atoms with Crippen molar-refractivity contribution in [3.05, 3.63) is 47.8 Å². The highest BCUT2D eigenvalue weighted by Crippen LogP contribution is 2.23. The molecule has 1 aliphatic rings. The van der Waals surface area contributed by atoms with Crippen molar-refractivity contribution in [2.75, 3.05) is 25.4 Å². The summed E-state index contributed by atoms with van der Waals surface area (Å²) in [6.45, 7) is 2.79. The molecule has 1 amide bonds. The van der Waals surface area contributed by atoms with E-state index in [2.05, 4.69) is 27.8 Å². The number of carbonyl (C=O) groups excluding carboxylic acids is 1. The summed E-state index contributed by atoms with van der Waals surface area (Å²) in [6, 6.07) is 8.06. The fraction of sp³-hybridized carbons (Fsp3) is 0.444. The van der Waals surface area contributed by atoms with Gasteiger partial charge in [0.25, 0.3) is 5.91 Å². The molecule has 1 atom stereocenters. The first-order valence-electron chi connectivity index (χ1n) is 8.43. The van der Waals surface area contributed by atoms with Gasteiger partial charge in [0, 0.05) is 43.8 Å². The molecule has 1 aliphatic heterocycles. The van der Waals surface area contributed by atoms with Crippen molar-refractivity contribution in [1.29, 1.82) is 0 Å². The summed E-state index contributed by atoms with van der Waals surface area (Å²) >= 11 is 1.64. The molecular formula is C18H24N4OS. The number of rotatable bonds is 6. The van der Waals surface area contributed by atoms with Crippen molar-refractivity contribution >= 4 is 17.7 Å². The smallest absolute Gasteiger partial charge is 0.251 e. The molecule has 6 heteroatoms. The highest BCUT2D eigenvalue weighted by molar-refractivity contribution is 7.99. The molecule has 2 aromatic rings. The van der Waals surface area contributed by atoms with Crippen molar-refractivity contribution in [1.82, 2.24) is 20.2 Å². The van der Waals surface area contributed by atoms with Crippen LogP contribution in [0.1, 0.15) is 34.7 Å². The minimum atomic E-state index is -0.0104. The lowest BCUT2D eigenvalue weighted by molar-refractivity contribution is 0.0956. The van der Waals surface area contributed by atoms with Gasteiger partial charge in [-0.15, -0.1) is 0 Å². The topological polar surface area (TPSA) is 59.0 Å². The number of thioether (sulfide) groups is 1. The number of hydrogen-bond donors (Lipinski definition) is 2. The Morgan fingerprint density at radius 3 is 2.92 bits per heavy atom. The van der Waals surface area contributed by atoms with Gasteiger partial charge < -0.3 is 15.2 Å². The lowest BCUT2D eigenvalue weighted by Gasteiger charge is -2.23. The van der Waals surface area contributed by atoms with Crippen LogP contribution >= 0.6 is 11.8 Å². The Kier molecular flexibility index (Phi) is 5.93. The summed E-state index contributed by atoms with van der Waals surface area (Å²) in [4.78, 5) is 16.5. The number of benzene rings is 1. The summed E-state index contributed by atoms with van der Waals surface area (Å²) in [5.41, 5.74) is 2.05. The summed E-state index contributed by atoms with van der Waals surface area (Å²) in [6.07, 6.45) is 6.15. The van der Waals surface area contributed by atoms with E-state index < -0.39 is 0 Å². The van der Waals surface area contributed by atoms with E-state index in [0.29, 0.717) is 12.5 Å². The van der Waals surface area contributed by atoms with Crippen LogP contribution in [-0.4, -0.2) is 40.8 Å². The van der Waals surface area contributed by atoms with Gasteiger partial charge in [0.1, 0.15) is 0 Å². The number of hydrogen-bond acceptors (Lipinski definition) is 4. The zero-order chi connectivity index (χ0) is 16.8. The van der Waals surface area contributed by atoms with E-state index in [1.54, 1.807) is 18.0 Å². The third-order valence-corrected chi connectivity index (χ3v) is 5.40. The molecule has 2 heterocycles. The normalized spacial score (nSPS) is 17.6. The van der Waals surface area contributed by atoms with Crippen LogP contribution in [0.4, 0.5) is 0 Å². The van der Waals surface area contributed by atoms with Gasteiger partial charge in [-0.3, -0.25) is 4.79 Å². The molecule has 3 rings (SSSR count). The molecule has 0 radical (unpaired) electrons. The molecule has 1 aromatic heterocycles. The van der Waals surface area contributed by atoms with Crippen LogP contribution < -0.4 is 10.6 Å². The second kappa shape index (κ2) is 8.35. The Labute approximate surface area is 147 Å². The molecule has 1 saturated heterocycles. The van der Waals surface area contributed by atoms with Crippen molar-refractivity contribution in [3.63, 3.8) is 0 Å². The van der Waals surface area contributed by atoms with Gasteiger partial charge in [0.05, 0.1) is 0 Å². The first kappa shape index (κ1) is 17.0. The molecule has 1 fully saturated rings. The first-order valence-corrected chi connectivity index (χ1v) is 9.41. The van der Waals surface area contributed by atoms with Crippen molar-refractivity contribution in [2.24, 2.45) is 7.05 Å². The predicted molar refractivity (Wildman–Crippen MR) is 97.6 cm³/mol. The molecule has 0 spiro atoms. The molecule has 5 nitrogen and oxygen atoms in total. The fourth-order valence-corrected chi connectivity index (χ4v) is 3.73. The van der Waals surface area contributed by atoms with Crippen LogP contribution in [0.25, 0.3) is 0 Å². The van der Waals surface area contributed by atoms with Gasteiger partial charge >= 0.3 is 0 Å². The monoisotopic (exact) mass is 344 g/mol. The van der Waals surface area contributed by atoms with E-state index in [1.165, 1.54) is 18.4 Å². The Morgan fingerprint density at radius 2 is 2.25 bits per heavy atom. The maximum Gasteiger partial charge on any atom is 0.251 e. The Morgan fingerprint density at radius 1 is 1.42 bits per heavy atom. The van der Waals surface area contributed by atoms with E-state index in [4.69, 9.17) is 0 Å². The largest absolute Gasteiger partial charge is 0.351 e. The molecular weight excluding hydrogens is 320 g/mol. The van der Waals surface area contributed by atoms with Crippen LogP contribution in [0.5, 0.6) is 0 Å². The van der Waals surface area contributed by atoms with Crippen LogP contribution in [0.3, 0.4) is 0 Å². The first-order chi connectivity index (χ1) is 11.7. The minimum Gasteiger partial charge on any atom is -0.351 e. The zero-order valence-corrected chi connectivity index (χ0v) is 14.8. The zero-order valence-electron chi connectivity index (χ0n) is 14.0. The SMILES string of the molecule is Cn1ccnc1SCCNC(=O)c1ccc([C@H]2CCCNC2)cc1. The van der Waals surface area contributed by atoms with E-state index in [0.717, 1.165) is 29.6 Å². The minimum absolute atomic E-state index is 0.0104. The number of piperidine rings is 1. The number of aromatic nitrogens is 2. The van der Waals surface area contributed by atoms with E-state index in [9.17, 15) is 4.79 Å². The van der Waals surface area contributed by atoms with Crippen LogP contribution in [-0.2, 0) is 7.05 Å². The lowest BCUT2D eigenvalue weighted by atomic mass is 9.91. The maximum absolute atomic E-state index is 12.2. The number of imidazole rings is 1. The second-order valence-corrected chi connectivity index (χ2v) is 7.15. The number of amides is 1. The van der Waals surface area contributed by atoms with Crippen LogP contribution in [0.15, 0.2) is 41.8 Å². The van der Waals surface area contributed by atoms with Gasteiger partial charge in [-0.1, -0.05) is 23.9 Å². The lowest BCUT2D eigenvalue weighted by Crippen LogP contribution is -2.28. The molecule has 128 valence electrons. The number of aryl methyl sites for hydroxylation is 1. The van der Waals surface area contributed by atoms with Crippen molar-refractivity contribution in [2.45, 2.75) is 23.9 Å². The van der Waals surface area contributed by atoms with E-state index >= 15 is 0 Å². The summed E-state index contributed by atoms with van der Waals surface area (Å²) in [5.74, 6) is 1.37. The summed E-state index contributed by atoms with van der Waals surface area (Å²) < 4.78 is 1.98. The molecule has 1 aromatic carbocycles. The summed E-state index contributed by atoms with van der Waals surface area (Å²) in [5, 5.41) is 7.37.